The zero-order valence-corrected chi connectivity index (χ0v) is 11.8. The van der Waals surface area contributed by atoms with Gasteiger partial charge in [-0.1, -0.05) is 22.9 Å². The minimum Gasteiger partial charge on any atom is -0.465 e. The van der Waals surface area contributed by atoms with E-state index in [1.807, 2.05) is 0 Å². The molecule has 0 unspecified atom stereocenters. The molecular formula is C12H15ClN2O2S. The Kier molecular flexibility index (Phi) is 2.98. The fourth-order valence-corrected chi connectivity index (χ4v) is 3.82. The van der Waals surface area contributed by atoms with Crippen LogP contribution in [0.5, 0.6) is 0 Å². The van der Waals surface area contributed by atoms with Gasteiger partial charge in [-0.15, -0.1) is 0 Å². The summed E-state index contributed by atoms with van der Waals surface area (Å²) in [6.45, 7) is 2.06. The average molecular weight is 287 g/mol. The number of anilines is 1. The second-order valence-electron chi connectivity index (χ2n) is 5.13. The molecule has 0 atom stereocenters. The zero-order valence-electron chi connectivity index (χ0n) is 10.2. The normalized spacial score (nSPS) is 21.1. The van der Waals surface area contributed by atoms with Gasteiger partial charge in [-0.25, -0.2) is 9.78 Å². The molecule has 1 saturated heterocycles. The number of hydrogen-bond acceptors (Lipinski definition) is 5. The first-order chi connectivity index (χ1) is 8.63. The lowest BCUT2D eigenvalue weighted by Crippen LogP contribution is -2.36. The SMILES string of the molecule is COC(=O)c1sc(N2CCCC3(CC3)C2)nc1Cl. The minimum atomic E-state index is -0.401. The van der Waals surface area contributed by atoms with Crippen molar-refractivity contribution in [1.29, 1.82) is 0 Å². The molecule has 1 aliphatic carbocycles. The number of thiazole rings is 1. The van der Waals surface area contributed by atoms with Gasteiger partial charge in [0.2, 0.25) is 0 Å². The highest BCUT2D eigenvalue weighted by atomic mass is 35.5. The van der Waals surface area contributed by atoms with Gasteiger partial charge in [0.05, 0.1) is 7.11 Å². The maximum Gasteiger partial charge on any atom is 0.351 e. The molecule has 4 nitrogen and oxygen atoms in total. The Bertz CT molecular complexity index is 484. The molecule has 1 aromatic heterocycles. The molecule has 0 bridgehead atoms. The number of hydrogen-bond donors (Lipinski definition) is 0. The number of carbonyl (C=O) groups is 1. The third-order valence-corrected chi connectivity index (χ3v) is 5.32. The number of piperidine rings is 1. The van der Waals surface area contributed by atoms with Crippen molar-refractivity contribution in [3.63, 3.8) is 0 Å². The van der Waals surface area contributed by atoms with E-state index in [4.69, 9.17) is 16.3 Å². The van der Waals surface area contributed by atoms with Crippen LogP contribution in [0.4, 0.5) is 5.13 Å². The first-order valence-corrected chi connectivity index (χ1v) is 7.33. The van der Waals surface area contributed by atoms with Crippen molar-refractivity contribution >= 4 is 34.0 Å². The van der Waals surface area contributed by atoms with Gasteiger partial charge in [0.15, 0.2) is 15.2 Å². The van der Waals surface area contributed by atoms with Gasteiger partial charge in [-0.05, 0) is 31.1 Å². The second-order valence-corrected chi connectivity index (χ2v) is 6.47. The van der Waals surface area contributed by atoms with E-state index in [2.05, 4.69) is 9.88 Å². The van der Waals surface area contributed by atoms with Crippen LogP contribution in [-0.4, -0.2) is 31.2 Å². The van der Waals surface area contributed by atoms with Crippen molar-refractivity contribution in [3.8, 4) is 0 Å². The number of halogens is 1. The van der Waals surface area contributed by atoms with Crippen LogP contribution >= 0.6 is 22.9 Å². The predicted octanol–water partition coefficient (Wildman–Crippen LogP) is 2.96. The molecule has 1 saturated carbocycles. The van der Waals surface area contributed by atoms with E-state index in [9.17, 15) is 4.79 Å². The van der Waals surface area contributed by atoms with E-state index in [0.29, 0.717) is 10.3 Å². The van der Waals surface area contributed by atoms with E-state index >= 15 is 0 Å². The Morgan fingerprint density at radius 3 is 2.94 bits per heavy atom. The van der Waals surface area contributed by atoms with E-state index < -0.39 is 5.97 Å². The molecule has 18 heavy (non-hydrogen) atoms. The fraction of sp³-hybridized carbons (Fsp3) is 0.667. The van der Waals surface area contributed by atoms with Crippen LogP contribution in [0.3, 0.4) is 0 Å². The van der Waals surface area contributed by atoms with Gasteiger partial charge in [0.1, 0.15) is 0 Å². The van der Waals surface area contributed by atoms with E-state index in [1.54, 1.807) is 0 Å². The van der Waals surface area contributed by atoms with Gasteiger partial charge in [0, 0.05) is 13.1 Å². The zero-order chi connectivity index (χ0) is 12.8. The molecule has 6 heteroatoms. The number of aromatic nitrogens is 1. The minimum absolute atomic E-state index is 0.261. The Balaban J connectivity index is 1.81. The van der Waals surface area contributed by atoms with Crippen LogP contribution in [0, 0.1) is 5.41 Å². The fourth-order valence-electron chi connectivity index (χ4n) is 2.60. The first-order valence-electron chi connectivity index (χ1n) is 6.13. The third-order valence-electron chi connectivity index (χ3n) is 3.83. The van der Waals surface area contributed by atoms with Crippen molar-refractivity contribution in [2.75, 3.05) is 25.1 Å². The molecule has 2 aliphatic rings. The molecule has 0 radical (unpaired) electrons. The Morgan fingerprint density at radius 2 is 2.28 bits per heavy atom. The molecular weight excluding hydrogens is 272 g/mol. The average Bonchev–Trinajstić information content (AvgIpc) is 2.99. The number of ether oxygens (including phenoxy) is 1. The second kappa shape index (κ2) is 4.38. The summed E-state index contributed by atoms with van der Waals surface area (Å²) in [6, 6.07) is 0. The molecule has 1 spiro atoms. The largest absolute Gasteiger partial charge is 0.465 e. The monoisotopic (exact) mass is 286 g/mol. The summed E-state index contributed by atoms with van der Waals surface area (Å²) in [7, 11) is 1.36. The summed E-state index contributed by atoms with van der Waals surface area (Å²) < 4.78 is 4.70. The van der Waals surface area contributed by atoms with Crippen molar-refractivity contribution in [2.24, 2.45) is 5.41 Å². The van der Waals surface area contributed by atoms with Crippen LogP contribution in [0.1, 0.15) is 35.4 Å². The number of rotatable bonds is 2. The lowest BCUT2D eigenvalue weighted by Gasteiger charge is -2.32. The third kappa shape index (κ3) is 2.10. The first kappa shape index (κ1) is 12.2. The molecule has 0 N–H and O–H groups in total. The molecule has 1 aliphatic heterocycles. The van der Waals surface area contributed by atoms with Gasteiger partial charge in [0.25, 0.3) is 0 Å². The van der Waals surface area contributed by atoms with Gasteiger partial charge in [-0.3, -0.25) is 0 Å². The van der Waals surface area contributed by atoms with Crippen LogP contribution < -0.4 is 4.90 Å². The number of esters is 1. The number of nitrogens with zero attached hydrogens (tertiary/aromatic N) is 2. The van der Waals surface area contributed by atoms with Crippen molar-refractivity contribution in [1.82, 2.24) is 4.98 Å². The molecule has 3 rings (SSSR count). The lowest BCUT2D eigenvalue weighted by atomic mass is 9.95. The summed E-state index contributed by atoms with van der Waals surface area (Å²) in [5.74, 6) is -0.401. The van der Waals surface area contributed by atoms with E-state index in [0.717, 1.165) is 18.2 Å². The molecule has 0 aromatic carbocycles. The summed E-state index contributed by atoms with van der Waals surface area (Å²) in [5.41, 5.74) is 0.530. The molecule has 0 amide bonds. The number of methoxy groups -OCH3 is 1. The standard InChI is InChI=1S/C12H15ClN2O2S/c1-17-10(16)8-9(13)14-11(18-8)15-6-2-3-12(7-15)4-5-12/h2-7H2,1H3. The van der Waals surface area contributed by atoms with Crippen molar-refractivity contribution < 1.29 is 9.53 Å². The maximum absolute atomic E-state index is 11.5. The van der Waals surface area contributed by atoms with Crippen molar-refractivity contribution in [3.05, 3.63) is 10.0 Å². The maximum atomic E-state index is 11.5. The van der Waals surface area contributed by atoms with E-state index in [1.165, 1.54) is 44.1 Å². The van der Waals surface area contributed by atoms with Gasteiger partial charge in [-0.2, -0.15) is 0 Å². The summed E-state index contributed by atoms with van der Waals surface area (Å²) in [5, 5.41) is 1.11. The summed E-state index contributed by atoms with van der Waals surface area (Å²) in [4.78, 5) is 18.5. The summed E-state index contributed by atoms with van der Waals surface area (Å²) in [6.07, 6.45) is 5.18. The van der Waals surface area contributed by atoms with Crippen molar-refractivity contribution in [2.45, 2.75) is 25.7 Å². The predicted molar refractivity (Wildman–Crippen MR) is 71.6 cm³/mol. The lowest BCUT2D eigenvalue weighted by molar-refractivity contribution is 0.0606. The van der Waals surface area contributed by atoms with Crippen LogP contribution in [-0.2, 0) is 4.74 Å². The topological polar surface area (TPSA) is 42.4 Å². The van der Waals surface area contributed by atoms with Crippen LogP contribution in [0.15, 0.2) is 0 Å². The molecule has 1 aromatic rings. The smallest absolute Gasteiger partial charge is 0.351 e. The molecule has 2 fully saturated rings. The highest BCUT2D eigenvalue weighted by Gasteiger charge is 2.46. The number of carbonyl (C=O) groups excluding carboxylic acids is 1. The Morgan fingerprint density at radius 1 is 1.50 bits per heavy atom. The Labute approximate surface area is 115 Å². The summed E-state index contributed by atoms with van der Waals surface area (Å²) >= 11 is 7.33. The highest BCUT2D eigenvalue weighted by Crippen LogP contribution is 2.52. The van der Waals surface area contributed by atoms with Crippen LogP contribution in [0.25, 0.3) is 0 Å². The highest BCUT2D eigenvalue weighted by molar-refractivity contribution is 7.18. The Hall–Kier alpha value is -0.810. The van der Waals surface area contributed by atoms with E-state index in [-0.39, 0.29) is 5.15 Å². The quantitative estimate of drug-likeness (QED) is 0.784. The molecule has 2 heterocycles. The van der Waals surface area contributed by atoms with Crippen LogP contribution in [0.2, 0.25) is 5.15 Å². The van der Waals surface area contributed by atoms with Gasteiger partial charge >= 0.3 is 5.97 Å². The van der Waals surface area contributed by atoms with Gasteiger partial charge < -0.3 is 9.64 Å². The molecule has 98 valence electrons.